The van der Waals surface area contributed by atoms with Crippen LogP contribution in [0.5, 0.6) is 0 Å². The fraction of sp³-hybridized carbons (Fsp3) is 0.238. The molecule has 29 heavy (non-hydrogen) atoms. The lowest BCUT2D eigenvalue weighted by Gasteiger charge is -2.27. The summed E-state index contributed by atoms with van der Waals surface area (Å²) in [5.41, 5.74) is 3.70. The molecule has 7 nitrogen and oxygen atoms in total. The summed E-state index contributed by atoms with van der Waals surface area (Å²) in [6, 6.07) is 8.95. The zero-order chi connectivity index (χ0) is 21.3. The van der Waals surface area contributed by atoms with Gasteiger partial charge in [0.05, 0.1) is 12.7 Å². The molecule has 2 aromatic rings. The van der Waals surface area contributed by atoms with Crippen LogP contribution >= 0.6 is 12.2 Å². The van der Waals surface area contributed by atoms with E-state index in [9.17, 15) is 14.4 Å². The van der Waals surface area contributed by atoms with E-state index >= 15 is 0 Å². The molecule has 0 spiro atoms. The maximum absolute atomic E-state index is 12.7. The van der Waals surface area contributed by atoms with Crippen LogP contribution in [0.25, 0.3) is 11.8 Å². The highest BCUT2D eigenvalue weighted by Gasteiger charge is 2.32. The number of carbonyl (C=O) groups excluding carboxylic acids is 3. The first-order valence-electron chi connectivity index (χ1n) is 9.05. The highest BCUT2D eigenvalue weighted by Crippen LogP contribution is 2.25. The number of benzene rings is 1. The Morgan fingerprint density at radius 3 is 2.62 bits per heavy atom. The summed E-state index contributed by atoms with van der Waals surface area (Å²) < 4.78 is 6.74. The molecule has 2 amide bonds. The Hall–Kier alpha value is -3.26. The number of hydrogen-bond acceptors (Lipinski definition) is 5. The molecule has 1 aromatic carbocycles. The van der Waals surface area contributed by atoms with Crippen LogP contribution in [0.1, 0.15) is 34.2 Å². The Bertz CT molecular complexity index is 1070. The third-order valence-corrected chi connectivity index (χ3v) is 5.12. The molecule has 1 aliphatic heterocycles. The summed E-state index contributed by atoms with van der Waals surface area (Å²) in [5.74, 6) is -1.35. The SMILES string of the molecule is CCN1C(=O)/C(=C/c2cc(C)n(-c3cccc(C(=O)OC)c3)c2C)C(=O)NC1=S. The monoisotopic (exact) mass is 411 g/mol. The van der Waals surface area contributed by atoms with Gasteiger partial charge in [0.2, 0.25) is 0 Å². The van der Waals surface area contributed by atoms with Crippen LogP contribution in [0.15, 0.2) is 35.9 Å². The number of ether oxygens (including phenoxy) is 1. The third kappa shape index (κ3) is 3.71. The topological polar surface area (TPSA) is 80.6 Å². The predicted octanol–water partition coefficient (Wildman–Crippen LogP) is 2.53. The normalized spacial score (nSPS) is 15.7. The van der Waals surface area contributed by atoms with Gasteiger partial charge >= 0.3 is 5.97 Å². The zero-order valence-corrected chi connectivity index (χ0v) is 17.4. The smallest absolute Gasteiger partial charge is 0.337 e. The molecule has 1 aromatic heterocycles. The number of nitrogens with zero attached hydrogens (tertiary/aromatic N) is 2. The van der Waals surface area contributed by atoms with Crippen molar-refractivity contribution in [2.75, 3.05) is 13.7 Å². The van der Waals surface area contributed by atoms with Crippen LogP contribution in [-0.2, 0) is 14.3 Å². The van der Waals surface area contributed by atoms with Crippen molar-refractivity contribution in [1.82, 2.24) is 14.8 Å². The fourth-order valence-corrected chi connectivity index (χ4v) is 3.66. The molecule has 150 valence electrons. The van der Waals surface area contributed by atoms with Crippen molar-refractivity contribution in [1.29, 1.82) is 0 Å². The number of likely N-dealkylation sites (N-methyl/N-ethyl adjacent to an activating group) is 1. The first-order valence-corrected chi connectivity index (χ1v) is 9.45. The van der Waals surface area contributed by atoms with Gasteiger partial charge in [-0.05, 0) is 68.9 Å². The van der Waals surface area contributed by atoms with Crippen molar-refractivity contribution >= 4 is 41.2 Å². The number of aromatic nitrogens is 1. The van der Waals surface area contributed by atoms with E-state index in [0.29, 0.717) is 12.1 Å². The molecule has 3 rings (SSSR count). The van der Waals surface area contributed by atoms with Gasteiger partial charge in [0.1, 0.15) is 5.57 Å². The van der Waals surface area contributed by atoms with Crippen molar-refractivity contribution < 1.29 is 19.1 Å². The van der Waals surface area contributed by atoms with Crippen molar-refractivity contribution in [2.45, 2.75) is 20.8 Å². The second-order valence-corrected chi connectivity index (χ2v) is 6.96. The van der Waals surface area contributed by atoms with Crippen molar-refractivity contribution in [3.63, 3.8) is 0 Å². The quantitative estimate of drug-likeness (QED) is 0.362. The summed E-state index contributed by atoms with van der Waals surface area (Å²) in [6.07, 6.45) is 1.57. The summed E-state index contributed by atoms with van der Waals surface area (Å²) >= 11 is 5.06. The largest absolute Gasteiger partial charge is 0.465 e. The molecule has 1 aliphatic rings. The van der Waals surface area contributed by atoms with Crippen LogP contribution in [0, 0.1) is 13.8 Å². The van der Waals surface area contributed by atoms with E-state index in [0.717, 1.165) is 22.6 Å². The van der Waals surface area contributed by atoms with Gasteiger partial charge in [0.25, 0.3) is 11.8 Å². The Morgan fingerprint density at radius 1 is 1.24 bits per heavy atom. The number of amides is 2. The average Bonchev–Trinajstić information content (AvgIpc) is 2.97. The van der Waals surface area contributed by atoms with Gasteiger partial charge in [-0.3, -0.25) is 19.8 Å². The second kappa shape index (κ2) is 8.00. The molecule has 1 fully saturated rings. The minimum atomic E-state index is -0.512. The van der Waals surface area contributed by atoms with E-state index in [2.05, 4.69) is 5.32 Å². The molecule has 0 radical (unpaired) electrons. The molecular weight excluding hydrogens is 390 g/mol. The van der Waals surface area contributed by atoms with Crippen molar-refractivity contribution in [3.8, 4) is 5.69 Å². The molecule has 1 N–H and O–H groups in total. The molecule has 2 heterocycles. The van der Waals surface area contributed by atoms with Crippen molar-refractivity contribution in [3.05, 3.63) is 58.4 Å². The standard InChI is InChI=1S/C21H21N3O4S/c1-5-23-19(26)17(18(25)22-21(23)29)11-15-9-12(2)24(13(15)3)16-8-6-7-14(10-16)20(27)28-4/h6-11H,5H2,1-4H3,(H,22,25,29)/b17-11+. The van der Waals surface area contributed by atoms with Gasteiger partial charge in [-0.1, -0.05) is 6.07 Å². The second-order valence-electron chi connectivity index (χ2n) is 6.57. The van der Waals surface area contributed by atoms with Crippen LogP contribution in [0.2, 0.25) is 0 Å². The summed E-state index contributed by atoms with van der Waals surface area (Å²) in [4.78, 5) is 38.2. The first kappa shape index (κ1) is 20.5. The third-order valence-electron chi connectivity index (χ3n) is 4.80. The molecule has 0 unspecified atom stereocenters. The number of aryl methyl sites for hydroxylation is 1. The Balaban J connectivity index is 2.06. The molecule has 0 bridgehead atoms. The molecule has 0 saturated carbocycles. The van der Waals surface area contributed by atoms with E-state index in [1.165, 1.54) is 12.0 Å². The van der Waals surface area contributed by atoms with Crippen molar-refractivity contribution in [2.24, 2.45) is 0 Å². The summed E-state index contributed by atoms with van der Waals surface area (Å²) in [7, 11) is 1.34. The van der Waals surface area contributed by atoms with Gasteiger partial charge in [-0.25, -0.2) is 4.79 Å². The van der Waals surface area contributed by atoms with E-state index in [1.807, 2.05) is 30.5 Å². The Kier molecular flexibility index (Phi) is 5.65. The number of esters is 1. The average molecular weight is 411 g/mol. The number of thiocarbonyl (C=S) groups is 1. The zero-order valence-electron chi connectivity index (χ0n) is 16.6. The lowest BCUT2D eigenvalue weighted by molar-refractivity contribution is -0.128. The lowest BCUT2D eigenvalue weighted by Crippen LogP contribution is -2.53. The van der Waals surface area contributed by atoms with Crippen LogP contribution in [0.4, 0.5) is 0 Å². The molecule has 8 heteroatoms. The Morgan fingerprint density at radius 2 is 1.97 bits per heavy atom. The fourth-order valence-electron chi connectivity index (χ4n) is 3.36. The highest BCUT2D eigenvalue weighted by molar-refractivity contribution is 7.80. The predicted molar refractivity (Wildman–Crippen MR) is 113 cm³/mol. The highest BCUT2D eigenvalue weighted by atomic mass is 32.1. The molecule has 1 saturated heterocycles. The molecule has 0 aliphatic carbocycles. The molecular formula is C21H21N3O4S. The maximum atomic E-state index is 12.7. The molecule has 0 atom stereocenters. The van der Waals surface area contributed by atoms with Gasteiger partial charge in [-0.15, -0.1) is 0 Å². The van der Waals surface area contributed by atoms with Crippen LogP contribution < -0.4 is 5.32 Å². The summed E-state index contributed by atoms with van der Waals surface area (Å²) in [6.45, 7) is 5.96. The summed E-state index contributed by atoms with van der Waals surface area (Å²) in [5, 5.41) is 2.67. The van der Waals surface area contributed by atoms with Crippen LogP contribution in [0.3, 0.4) is 0 Å². The van der Waals surface area contributed by atoms with Gasteiger partial charge < -0.3 is 9.30 Å². The first-order chi connectivity index (χ1) is 13.8. The van der Waals surface area contributed by atoms with E-state index in [1.54, 1.807) is 31.2 Å². The number of carbonyl (C=O) groups is 3. The lowest BCUT2D eigenvalue weighted by atomic mass is 10.1. The minimum Gasteiger partial charge on any atom is -0.465 e. The van der Waals surface area contributed by atoms with Gasteiger partial charge in [-0.2, -0.15) is 0 Å². The number of hydrogen-bond donors (Lipinski definition) is 1. The number of rotatable bonds is 4. The number of nitrogens with one attached hydrogen (secondary N) is 1. The van der Waals surface area contributed by atoms with E-state index in [-0.39, 0.29) is 10.7 Å². The van der Waals surface area contributed by atoms with Gasteiger partial charge in [0, 0.05) is 23.6 Å². The minimum absolute atomic E-state index is 0.0315. The number of methoxy groups -OCH3 is 1. The van der Waals surface area contributed by atoms with Gasteiger partial charge in [0.15, 0.2) is 5.11 Å². The van der Waals surface area contributed by atoms with E-state index < -0.39 is 17.8 Å². The van der Waals surface area contributed by atoms with E-state index in [4.69, 9.17) is 17.0 Å². The maximum Gasteiger partial charge on any atom is 0.337 e. The Labute approximate surface area is 173 Å². The van der Waals surface area contributed by atoms with Crippen LogP contribution in [-0.4, -0.2) is 46.0 Å².